The van der Waals surface area contributed by atoms with Crippen molar-refractivity contribution in [1.82, 2.24) is 9.80 Å². The van der Waals surface area contributed by atoms with E-state index in [0.29, 0.717) is 32.6 Å². The highest BCUT2D eigenvalue weighted by atomic mass is 35.5. The third kappa shape index (κ3) is 4.68. The number of hydrogen-bond donors (Lipinski definition) is 1. The zero-order valence-corrected chi connectivity index (χ0v) is 18.0. The first-order chi connectivity index (χ1) is 14.2. The molecule has 0 bridgehead atoms. The van der Waals surface area contributed by atoms with E-state index in [1.54, 1.807) is 4.90 Å². The van der Waals surface area contributed by atoms with Crippen LogP contribution in [0.1, 0.15) is 29.9 Å². The number of amides is 2. The lowest BCUT2D eigenvalue weighted by atomic mass is 9.89. The number of rotatable bonds is 5. The summed E-state index contributed by atoms with van der Waals surface area (Å²) in [5, 5.41) is 0. The van der Waals surface area contributed by atoms with Crippen LogP contribution >= 0.6 is 12.4 Å². The monoisotopic (exact) mass is 427 g/mol. The molecule has 1 unspecified atom stereocenters. The van der Waals surface area contributed by atoms with Gasteiger partial charge in [-0.15, -0.1) is 12.4 Å². The van der Waals surface area contributed by atoms with E-state index in [-0.39, 0.29) is 42.1 Å². The molecule has 2 aliphatic rings. The Labute approximate surface area is 184 Å². The summed E-state index contributed by atoms with van der Waals surface area (Å²) in [7, 11) is 0. The Balaban J connectivity index is 0.00000256. The molecule has 4 rings (SSSR count). The normalized spacial score (nSPS) is 23.3. The van der Waals surface area contributed by atoms with E-state index in [2.05, 4.69) is 12.1 Å². The second-order valence-electron chi connectivity index (χ2n) is 8.16. The van der Waals surface area contributed by atoms with Crippen LogP contribution in [0.25, 0.3) is 0 Å². The predicted molar refractivity (Wildman–Crippen MR) is 120 cm³/mol. The van der Waals surface area contributed by atoms with E-state index in [1.807, 2.05) is 53.4 Å². The minimum atomic E-state index is -0.334. The Morgan fingerprint density at radius 2 is 1.63 bits per heavy atom. The van der Waals surface area contributed by atoms with Gasteiger partial charge in [0.1, 0.15) is 6.04 Å². The summed E-state index contributed by atoms with van der Waals surface area (Å²) >= 11 is 0. The smallest absolute Gasteiger partial charge is 0.245 e. The number of nitrogens with two attached hydrogens (primary N) is 1. The summed E-state index contributed by atoms with van der Waals surface area (Å²) in [6, 6.07) is 19.7. The molecule has 6 heteroatoms. The van der Waals surface area contributed by atoms with Crippen LogP contribution in [-0.2, 0) is 16.0 Å². The van der Waals surface area contributed by atoms with Crippen LogP contribution in [-0.4, -0.2) is 53.8 Å². The highest BCUT2D eigenvalue weighted by molar-refractivity contribution is 5.89. The van der Waals surface area contributed by atoms with Crippen LogP contribution < -0.4 is 5.73 Å². The molecule has 2 N–H and O–H groups in total. The molecule has 0 aliphatic carbocycles. The number of likely N-dealkylation sites (tertiary alicyclic amines) is 2. The SMILES string of the molecule is Cl.NC[C@@H]1CN(C(=O)C2CCCN2C(=O)Cc2ccccc2)C[C@H]1c1ccccc1. The van der Waals surface area contributed by atoms with Crippen molar-refractivity contribution in [2.24, 2.45) is 11.7 Å². The second kappa shape index (κ2) is 10.1. The third-order valence-corrected chi connectivity index (χ3v) is 6.34. The standard InChI is InChI=1S/C24H29N3O2.ClH/c25-15-20-16-26(17-21(20)19-10-5-2-6-11-19)24(29)22-12-7-13-27(22)23(28)14-18-8-3-1-4-9-18;/h1-6,8-11,20-22H,7,12-17,25H2;1H/t20-,21+,22?;/m1./s1. The second-order valence-corrected chi connectivity index (χ2v) is 8.16. The quantitative estimate of drug-likeness (QED) is 0.797. The van der Waals surface area contributed by atoms with Crippen LogP contribution in [0.3, 0.4) is 0 Å². The number of halogens is 1. The summed E-state index contributed by atoms with van der Waals surface area (Å²) in [5.41, 5.74) is 8.26. The Hall–Kier alpha value is -2.37. The molecule has 2 amide bonds. The van der Waals surface area contributed by atoms with E-state index in [1.165, 1.54) is 5.56 Å². The van der Waals surface area contributed by atoms with Crippen molar-refractivity contribution in [3.63, 3.8) is 0 Å². The fraction of sp³-hybridized carbons (Fsp3) is 0.417. The van der Waals surface area contributed by atoms with E-state index in [9.17, 15) is 9.59 Å². The molecule has 2 aromatic rings. The van der Waals surface area contributed by atoms with Gasteiger partial charge in [0.05, 0.1) is 6.42 Å². The summed E-state index contributed by atoms with van der Waals surface area (Å²) in [6.07, 6.45) is 1.98. The first kappa shape index (κ1) is 22.3. The van der Waals surface area contributed by atoms with E-state index >= 15 is 0 Å². The topological polar surface area (TPSA) is 66.6 Å². The Morgan fingerprint density at radius 3 is 2.30 bits per heavy atom. The minimum Gasteiger partial charge on any atom is -0.340 e. The van der Waals surface area contributed by atoms with E-state index in [0.717, 1.165) is 18.4 Å². The predicted octanol–water partition coefficient (Wildman–Crippen LogP) is 2.84. The highest BCUT2D eigenvalue weighted by Gasteiger charge is 2.41. The van der Waals surface area contributed by atoms with E-state index < -0.39 is 0 Å². The Morgan fingerprint density at radius 1 is 0.967 bits per heavy atom. The largest absolute Gasteiger partial charge is 0.340 e. The molecule has 0 aromatic heterocycles. The fourth-order valence-corrected chi connectivity index (χ4v) is 4.77. The molecule has 2 saturated heterocycles. The number of carbonyl (C=O) groups is 2. The van der Waals surface area contributed by atoms with Gasteiger partial charge in [-0.3, -0.25) is 9.59 Å². The van der Waals surface area contributed by atoms with Gasteiger partial charge >= 0.3 is 0 Å². The van der Waals surface area contributed by atoms with Gasteiger partial charge < -0.3 is 15.5 Å². The van der Waals surface area contributed by atoms with Crippen LogP contribution in [0.2, 0.25) is 0 Å². The maximum atomic E-state index is 13.3. The summed E-state index contributed by atoms with van der Waals surface area (Å²) in [6.45, 7) is 2.58. The minimum absolute atomic E-state index is 0. The molecule has 160 valence electrons. The van der Waals surface area contributed by atoms with Gasteiger partial charge in [0.15, 0.2) is 0 Å². The van der Waals surface area contributed by atoms with Crippen LogP contribution in [0.5, 0.6) is 0 Å². The first-order valence-electron chi connectivity index (χ1n) is 10.5. The zero-order valence-electron chi connectivity index (χ0n) is 17.2. The number of benzene rings is 2. The van der Waals surface area contributed by atoms with E-state index in [4.69, 9.17) is 5.73 Å². The molecule has 2 fully saturated rings. The van der Waals surface area contributed by atoms with Gasteiger partial charge in [-0.05, 0) is 36.4 Å². The third-order valence-electron chi connectivity index (χ3n) is 6.34. The van der Waals surface area contributed by atoms with Crippen molar-refractivity contribution in [2.45, 2.75) is 31.2 Å². The molecular weight excluding hydrogens is 398 g/mol. The van der Waals surface area contributed by atoms with Crippen molar-refractivity contribution < 1.29 is 9.59 Å². The van der Waals surface area contributed by atoms with Gasteiger partial charge in [0.25, 0.3) is 0 Å². The molecule has 30 heavy (non-hydrogen) atoms. The lowest BCUT2D eigenvalue weighted by Crippen LogP contribution is -2.47. The molecule has 0 radical (unpaired) electrons. The van der Waals surface area contributed by atoms with Crippen LogP contribution in [0.15, 0.2) is 60.7 Å². The Kier molecular flexibility index (Phi) is 7.51. The van der Waals surface area contributed by atoms with Crippen molar-refractivity contribution in [3.05, 3.63) is 71.8 Å². The molecule has 0 spiro atoms. The fourth-order valence-electron chi connectivity index (χ4n) is 4.77. The zero-order chi connectivity index (χ0) is 20.2. The molecule has 2 aromatic carbocycles. The van der Waals surface area contributed by atoms with Crippen molar-refractivity contribution in [2.75, 3.05) is 26.2 Å². The first-order valence-corrected chi connectivity index (χ1v) is 10.5. The summed E-state index contributed by atoms with van der Waals surface area (Å²) in [4.78, 5) is 30.0. The van der Waals surface area contributed by atoms with Gasteiger partial charge in [0, 0.05) is 25.6 Å². The molecular formula is C24H30ClN3O2. The molecule has 2 heterocycles. The molecule has 2 aliphatic heterocycles. The molecule has 3 atom stereocenters. The average Bonchev–Trinajstić information content (AvgIpc) is 3.42. The molecule has 0 saturated carbocycles. The summed E-state index contributed by atoms with van der Waals surface area (Å²) < 4.78 is 0. The number of nitrogens with zero attached hydrogens (tertiary/aromatic N) is 2. The number of hydrogen-bond acceptors (Lipinski definition) is 3. The molecule has 5 nitrogen and oxygen atoms in total. The highest BCUT2D eigenvalue weighted by Crippen LogP contribution is 2.33. The van der Waals surface area contributed by atoms with Gasteiger partial charge in [-0.1, -0.05) is 60.7 Å². The number of carbonyl (C=O) groups excluding carboxylic acids is 2. The lowest BCUT2D eigenvalue weighted by Gasteiger charge is -2.28. The average molecular weight is 428 g/mol. The van der Waals surface area contributed by atoms with Crippen molar-refractivity contribution >= 4 is 24.2 Å². The van der Waals surface area contributed by atoms with Crippen LogP contribution in [0, 0.1) is 5.92 Å². The van der Waals surface area contributed by atoms with Gasteiger partial charge in [-0.25, -0.2) is 0 Å². The van der Waals surface area contributed by atoms with Crippen molar-refractivity contribution in [1.29, 1.82) is 0 Å². The lowest BCUT2D eigenvalue weighted by molar-refractivity contribution is -0.143. The maximum Gasteiger partial charge on any atom is 0.245 e. The maximum absolute atomic E-state index is 13.3. The Bertz CT molecular complexity index is 846. The summed E-state index contributed by atoms with van der Waals surface area (Å²) in [5.74, 6) is 0.651. The van der Waals surface area contributed by atoms with Crippen molar-refractivity contribution in [3.8, 4) is 0 Å². The van der Waals surface area contributed by atoms with Crippen LogP contribution in [0.4, 0.5) is 0 Å². The van der Waals surface area contributed by atoms with Gasteiger partial charge in [-0.2, -0.15) is 0 Å². The van der Waals surface area contributed by atoms with Gasteiger partial charge in [0.2, 0.25) is 11.8 Å².